The molecule has 0 spiro atoms. The van der Waals surface area contributed by atoms with Gasteiger partial charge in [0, 0.05) is 13.5 Å². The molecule has 1 aromatic carbocycles. The number of aliphatic carboxylic acids is 1. The topological polar surface area (TPSA) is 59.4 Å². The van der Waals surface area contributed by atoms with Gasteiger partial charge in [0.2, 0.25) is 0 Å². The standard InChI is InChI=1S/C11H11NO3S/c1-15-8(11(13)14)6-10-12-7-4-2-3-5-9(7)16-10/h2-5,8H,6H2,1H3,(H,13,14)/t8-/m0/s1. The first-order valence-corrected chi connectivity index (χ1v) is 5.62. The molecule has 4 nitrogen and oxygen atoms in total. The Morgan fingerprint density at radius 2 is 2.31 bits per heavy atom. The molecule has 0 bridgehead atoms. The Hall–Kier alpha value is -1.46. The lowest BCUT2D eigenvalue weighted by atomic mass is 10.2. The number of nitrogens with zero attached hydrogens (tertiary/aromatic N) is 1. The van der Waals surface area contributed by atoms with Gasteiger partial charge in [0.15, 0.2) is 6.10 Å². The van der Waals surface area contributed by atoms with Crippen molar-refractivity contribution in [3.05, 3.63) is 29.3 Å². The lowest BCUT2D eigenvalue weighted by Gasteiger charge is -2.06. The van der Waals surface area contributed by atoms with E-state index in [2.05, 4.69) is 4.98 Å². The first kappa shape index (κ1) is 11.0. The maximum Gasteiger partial charge on any atom is 0.333 e. The molecule has 0 saturated heterocycles. The van der Waals surface area contributed by atoms with Crippen LogP contribution in [-0.4, -0.2) is 29.3 Å². The molecule has 16 heavy (non-hydrogen) atoms. The van der Waals surface area contributed by atoms with E-state index in [4.69, 9.17) is 9.84 Å². The van der Waals surface area contributed by atoms with Crippen molar-refractivity contribution in [3.63, 3.8) is 0 Å². The van der Waals surface area contributed by atoms with Crippen LogP contribution in [0.1, 0.15) is 5.01 Å². The highest BCUT2D eigenvalue weighted by molar-refractivity contribution is 7.18. The number of ether oxygens (including phenoxy) is 1. The summed E-state index contributed by atoms with van der Waals surface area (Å²) in [7, 11) is 1.39. The SMILES string of the molecule is CO[C@@H](Cc1nc2ccccc2s1)C(=O)O. The Morgan fingerprint density at radius 1 is 1.56 bits per heavy atom. The Morgan fingerprint density at radius 3 is 2.94 bits per heavy atom. The van der Waals surface area contributed by atoms with Crippen molar-refractivity contribution >= 4 is 27.5 Å². The molecule has 0 unspecified atom stereocenters. The van der Waals surface area contributed by atoms with Crippen LogP contribution in [0.15, 0.2) is 24.3 Å². The molecule has 0 aliphatic carbocycles. The average molecular weight is 237 g/mol. The monoisotopic (exact) mass is 237 g/mol. The Labute approximate surface area is 96.5 Å². The van der Waals surface area contributed by atoms with Crippen molar-refractivity contribution in [2.45, 2.75) is 12.5 Å². The van der Waals surface area contributed by atoms with Gasteiger partial charge in [-0.15, -0.1) is 11.3 Å². The predicted molar refractivity (Wildman–Crippen MR) is 61.8 cm³/mol. The van der Waals surface area contributed by atoms with E-state index in [-0.39, 0.29) is 0 Å². The first-order chi connectivity index (χ1) is 7.70. The summed E-state index contributed by atoms with van der Waals surface area (Å²) in [4.78, 5) is 15.2. The smallest absolute Gasteiger partial charge is 0.333 e. The summed E-state index contributed by atoms with van der Waals surface area (Å²) >= 11 is 1.50. The van der Waals surface area contributed by atoms with Crippen molar-refractivity contribution in [1.29, 1.82) is 0 Å². The van der Waals surface area contributed by atoms with E-state index in [9.17, 15) is 4.79 Å². The minimum Gasteiger partial charge on any atom is -0.479 e. The highest BCUT2D eigenvalue weighted by Gasteiger charge is 2.18. The maximum atomic E-state index is 10.8. The molecule has 1 aromatic heterocycles. The molecule has 5 heteroatoms. The third kappa shape index (κ3) is 2.20. The second kappa shape index (κ2) is 4.59. The van der Waals surface area contributed by atoms with Crippen molar-refractivity contribution in [2.75, 3.05) is 7.11 Å². The fraction of sp³-hybridized carbons (Fsp3) is 0.273. The van der Waals surface area contributed by atoms with E-state index in [1.807, 2.05) is 24.3 Å². The third-order valence-electron chi connectivity index (χ3n) is 2.26. The number of hydrogen-bond donors (Lipinski definition) is 1. The molecule has 1 heterocycles. The van der Waals surface area contributed by atoms with Gasteiger partial charge in [0.25, 0.3) is 0 Å². The summed E-state index contributed by atoms with van der Waals surface area (Å²) < 4.78 is 5.95. The zero-order valence-corrected chi connectivity index (χ0v) is 9.53. The van der Waals surface area contributed by atoms with Crippen LogP contribution >= 0.6 is 11.3 Å². The quantitative estimate of drug-likeness (QED) is 0.882. The van der Waals surface area contributed by atoms with E-state index in [1.165, 1.54) is 18.4 Å². The molecule has 84 valence electrons. The molecule has 0 radical (unpaired) electrons. The van der Waals surface area contributed by atoms with E-state index in [1.54, 1.807) is 0 Å². The lowest BCUT2D eigenvalue weighted by molar-refractivity contribution is -0.148. The number of carboxylic acid groups (broad SMARTS) is 1. The average Bonchev–Trinajstić information content (AvgIpc) is 2.67. The van der Waals surface area contributed by atoms with Crippen LogP contribution < -0.4 is 0 Å². The van der Waals surface area contributed by atoms with Gasteiger partial charge in [0.1, 0.15) is 0 Å². The van der Waals surface area contributed by atoms with Crippen molar-refractivity contribution < 1.29 is 14.6 Å². The Balaban J connectivity index is 2.24. The number of carboxylic acids is 1. The largest absolute Gasteiger partial charge is 0.479 e. The van der Waals surface area contributed by atoms with E-state index < -0.39 is 12.1 Å². The Kier molecular flexibility index (Phi) is 3.17. The van der Waals surface area contributed by atoms with Gasteiger partial charge < -0.3 is 9.84 Å². The van der Waals surface area contributed by atoms with Crippen LogP contribution in [0, 0.1) is 0 Å². The molecular weight excluding hydrogens is 226 g/mol. The summed E-state index contributed by atoms with van der Waals surface area (Å²) in [5.41, 5.74) is 0.905. The lowest BCUT2D eigenvalue weighted by Crippen LogP contribution is -2.24. The molecule has 1 atom stereocenters. The zero-order valence-electron chi connectivity index (χ0n) is 8.71. The van der Waals surface area contributed by atoms with Crippen molar-refractivity contribution in [2.24, 2.45) is 0 Å². The van der Waals surface area contributed by atoms with Crippen LogP contribution in [0.3, 0.4) is 0 Å². The van der Waals surface area contributed by atoms with E-state index in [0.717, 1.165) is 15.2 Å². The van der Waals surface area contributed by atoms with E-state index in [0.29, 0.717) is 6.42 Å². The van der Waals surface area contributed by atoms with Crippen LogP contribution in [0.25, 0.3) is 10.2 Å². The molecule has 2 aromatic rings. The van der Waals surface area contributed by atoms with Crippen LogP contribution in [-0.2, 0) is 16.0 Å². The highest BCUT2D eigenvalue weighted by atomic mass is 32.1. The van der Waals surface area contributed by atoms with Gasteiger partial charge in [-0.2, -0.15) is 0 Å². The number of rotatable bonds is 4. The number of methoxy groups -OCH3 is 1. The zero-order chi connectivity index (χ0) is 11.5. The first-order valence-electron chi connectivity index (χ1n) is 4.80. The number of aromatic nitrogens is 1. The molecule has 0 fully saturated rings. The second-order valence-electron chi connectivity index (χ2n) is 3.34. The molecule has 0 aliphatic heterocycles. The van der Waals surface area contributed by atoms with Gasteiger partial charge in [0.05, 0.1) is 15.2 Å². The summed E-state index contributed by atoms with van der Waals surface area (Å²) in [6.45, 7) is 0. The van der Waals surface area contributed by atoms with Crippen molar-refractivity contribution in [3.8, 4) is 0 Å². The van der Waals surface area contributed by atoms with Crippen molar-refractivity contribution in [1.82, 2.24) is 4.98 Å². The maximum absolute atomic E-state index is 10.8. The summed E-state index contributed by atoms with van der Waals surface area (Å²) in [6, 6.07) is 7.74. The van der Waals surface area contributed by atoms with Crippen LogP contribution in [0.2, 0.25) is 0 Å². The number of para-hydroxylation sites is 1. The number of hydrogen-bond acceptors (Lipinski definition) is 4. The van der Waals surface area contributed by atoms with Gasteiger partial charge >= 0.3 is 5.97 Å². The second-order valence-corrected chi connectivity index (χ2v) is 4.46. The summed E-state index contributed by atoms with van der Waals surface area (Å²) in [6.07, 6.45) is -0.508. The fourth-order valence-corrected chi connectivity index (χ4v) is 2.43. The number of benzene rings is 1. The number of carbonyl (C=O) groups is 1. The summed E-state index contributed by atoms with van der Waals surface area (Å²) in [5, 5.41) is 9.65. The normalized spacial score (nSPS) is 12.8. The minimum absolute atomic E-state index is 0.311. The molecule has 1 N–H and O–H groups in total. The van der Waals surface area contributed by atoms with Crippen LogP contribution in [0.5, 0.6) is 0 Å². The number of fused-ring (bicyclic) bond motifs is 1. The molecule has 0 aliphatic rings. The highest BCUT2D eigenvalue weighted by Crippen LogP contribution is 2.22. The molecule has 0 amide bonds. The molecular formula is C11H11NO3S. The molecule has 0 saturated carbocycles. The van der Waals surface area contributed by atoms with Gasteiger partial charge in [-0.05, 0) is 12.1 Å². The van der Waals surface area contributed by atoms with Gasteiger partial charge in [-0.25, -0.2) is 9.78 Å². The van der Waals surface area contributed by atoms with Gasteiger partial charge in [-0.3, -0.25) is 0 Å². The molecule has 2 rings (SSSR count). The fourth-order valence-electron chi connectivity index (χ4n) is 1.44. The predicted octanol–water partition coefficient (Wildman–Crippen LogP) is 1.94. The Bertz CT molecular complexity index is 476. The number of thiazole rings is 1. The van der Waals surface area contributed by atoms with Crippen LogP contribution in [0.4, 0.5) is 0 Å². The van der Waals surface area contributed by atoms with Gasteiger partial charge in [-0.1, -0.05) is 12.1 Å². The van der Waals surface area contributed by atoms with E-state index >= 15 is 0 Å². The summed E-state index contributed by atoms with van der Waals surface area (Å²) in [5.74, 6) is -0.957. The third-order valence-corrected chi connectivity index (χ3v) is 3.32. The minimum atomic E-state index is -0.957.